The van der Waals surface area contributed by atoms with Crippen molar-refractivity contribution in [3.05, 3.63) is 41.8 Å². The molecule has 1 rings (SSSR count). The third-order valence-corrected chi connectivity index (χ3v) is 2.70. The van der Waals surface area contributed by atoms with Gasteiger partial charge in [-0.25, -0.2) is 14.0 Å². The molecule has 0 unspecified atom stereocenters. The molecule has 0 aliphatic rings. The maximum absolute atomic E-state index is 13.2. The van der Waals surface area contributed by atoms with E-state index in [2.05, 4.69) is 5.32 Å². The maximum atomic E-state index is 13.2. The van der Waals surface area contributed by atoms with Crippen molar-refractivity contribution in [1.29, 1.82) is 5.26 Å². The molecule has 0 spiro atoms. The SMILES string of the molecule is CCOC(=O)C(NC=C(C#N)c1cccc(F)c1)C(=O)OCC. The van der Waals surface area contributed by atoms with Gasteiger partial charge in [0.05, 0.1) is 18.8 Å². The Morgan fingerprint density at radius 1 is 1.30 bits per heavy atom. The summed E-state index contributed by atoms with van der Waals surface area (Å²) in [5, 5.41) is 11.7. The zero-order valence-corrected chi connectivity index (χ0v) is 12.8. The van der Waals surface area contributed by atoms with E-state index in [4.69, 9.17) is 14.7 Å². The summed E-state index contributed by atoms with van der Waals surface area (Å²) in [6, 6.07) is 5.86. The molecule has 1 aromatic carbocycles. The lowest BCUT2D eigenvalue weighted by atomic mass is 10.1. The Morgan fingerprint density at radius 2 is 1.91 bits per heavy atom. The van der Waals surface area contributed by atoms with E-state index >= 15 is 0 Å². The Hall–Kier alpha value is -2.88. The van der Waals surface area contributed by atoms with Crippen molar-refractivity contribution >= 4 is 17.5 Å². The first-order valence-electron chi connectivity index (χ1n) is 6.99. The number of nitrogens with zero attached hydrogens (tertiary/aromatic N) is 1. The molecule has 1 aromatic rings. The highest BCUT2D eigenvalue weighted by Gasteiger charge is 2.28. The average Bonchev–Trinajstić information content (AvgIpc) is 2.52. The van der Waals surface area contributed by atoms with E-state index in [9.17, 15) is 14.0 Å². The highest BCUT2D eigenvalue weighted by atomic mass is 19.1. The molecule has 23 heavy (non-hydrogen) atoms. The summed E-state index contributed by atoms with van der Waals surface area (Å²) in [5.74, 6) is -2.14. The molecule has 0 bridgehead atoms. The molecular formula is C16H17FN2O4. The molecule has 0 aliphatic carbocycles. The minimum Gasteiger partial charge on any atom is -0.464 e. The van der Waals surface area contributed by atoms with Crippen LogP contribution in [0.4, 0.5) is 4.39 Å². The van der Waals surface area contributed by atoms with Crippen LogP contribution in [-0.2, 0) is 19.1 Å². The molecule has 0 atom stereocenters. The monoisotopic (exact) mass is 320 g/mol. The van der Waals surface area contributed by atoms with E-state index < -0.39 is 23.8 Å². The number of ether oxygens (including phenoxy) is 2. The number of nitrogens with one attached hydrogen (secondary N) is 1. The molecule has 122 valence electrons. The van der Waals surface area contributed by atoms with E-state index in [0.29, 0.717) is 5.56 Å². The molecule has 1 N–H and O–H groups in total. The average molecular weight is 320 g/mol. The first-order chi connectivity index (χ1) is 11.0. The Bertz CT molecular complexity index is 619. The predicted molar refractivity (Wildman–Crippen MR) is 80.2 cm³/mol. The number of hydrogen-bond acceptors (Lipinski definition) is 6. The molecule has 0 amide bonds. The minimum absolute atomic E-state index is 0.0584. The summed E-state index contributed by atoms with van der Waals surface area (Å²) in [6.07, 6.45) is 1.16. The number of rotatable bonds is 7. The highest BCUT2D eigenvalue weighted by Crippen LogP contribution is 2.14. The van der Waals surface area contributed by atoms with Gasteiger partial charge < -0.3 is 14.8 Å². The van der Waals surface area contributed by atoms with Crippen LogP contribution in [0.15, 0.2) is 30.5 Å². The molecule has 0 heterocycles. The number of hydrogen-bond donors (Lipinski definition) is 1. The summed E-state index contributed by atoms with van der Waals surface area (Å²) in [6.45, 7) is 3.39. The Kier molecular flexibility index (Phi) is 7.27. The Morgan fingerprint density at radius 3 is 2.39 bits per heavy atom. The molecule has 0 aromatic heterocycles. The zero-order valence-electron chi connectivity index (χ0n) is 12.8. The third-order valence-electron chi connectivity index (χ3n) is 2.70. The van der Waals surface area contributed by atoms with Crippen LogP contribution in [-0.4, -0.2) is 31.2 Å². The fourth-order valence-corrected chi connectivity index (χ4v) is 1.69. The molecule has 6 nitrogen and oxygen atoms in total. The van der Waals surface area contributed by atoms with Crippen molar-refractivity contribution in [2.24, 2.45) is 0 Å². The number of allylic oxidation sites excluding steroid dienone is 1. The van der Waals surface area contributed by atoms with Crippen LogP contribution in [0.2, 0.25) is 0 Å². The summed E-state index contributed by atoms with van der Waals surface area (Å²) in [7, 11) is 0. The first-order valence-corrected chi connectivity index (χ1v) is 6.99. The van der Waals surface area contributed by atoms with E-state index in [0.717, 1.165) is 6.20 Å². The molecule has 0 radical (unpaired) electrons. The van der Waals surface area contributed by atoms with E-state index in [1.807, 2.05) is 6.07 Å². The third kappa shape index (κ3) is 5.43. The van der Waals surface area contributed by atoms with Gasteiger partial charge in [-0.05, 0) is 31.5 Å². The highest BCUT2D eigenvalue weighted by molar-refractivity contribution is 5.99. The van der Waals surface area contributed by atoms with Gasteiger partial charge in [-0.1, -0.05) is 12.1 Å². The van der Waals surface area contributed by atoms with Crippen molar-refractivity contribution in [1.82, 2.24) is 5.32 Å². The van der Waals surface area contributed by atoms with Gasteiger partial charge in [0.25, 0.3) is 0 Å². The van der Waals surface area contributed by atoms with Crippen LogP contribution in [0, 0.1) is 17.1 Å². The van der Waals surface area contributed by atoms with Crippen LogP contribution >= 0.6 is 0 Å². The lowest BCUT2D eigenvalue weighted by Gasteiger charge is -2.14. The van der Waals surface area contributed by atoms with E-state index in [-0.39, 0.29) is 18.8 Å². The minimum atomic E-state index is -1.40. The molecule has 0 aliphatic heterocycles. The van der Waals surface area contributed by atoms with Crippen LogP contribution in [0.25, 0.3) is 5.57 Å². The predicted octanol–water partition coefficient (Wildman–Crippen LogP) is 1.77. The second-order valence-electron chi connectivity index (χ2n) is 4.28. The van der Waals surface area contributed by atoms with Gasteiger partial charge in [0.1, 0.15) is 11.9 Å². The van der Waals surface area contributed by atoms with Crippen LogP contribution in [0.3, 0.4) is 0 Å². The van der Waals surface area contributed by atoms with Crippen LogP contribution in [0.1, 0.15) is 19.4 Å². The molecule has 0 saturated carbocycles. The standard InChI is InChI=1S/C16H17FN2O4/c1-3-22-15(20)14(16(21)23-4-2)19-10-12(9-18)11-6-5-7-13(17)8-11/h5-8,10,14,19H,3-4H2,1-2H3. The van der Waals surface area contributed by atoms with Crippen molar-refractivity contribution < 1.29 is 23.5 Å². The van der Waals surface area contributed by atoms with E-state index in [1.165, 1.54) is 24.3 Å². The molecular weight excluding hydrogens is 303 g/mol. The van der Waals surface area contributed by atoms with Gasteiger partial charge in [0.2, 0.25) is 6.04 Å². The van der Waals surface area contributed by atoms with E-state index in [1.54, 1.807) is 13.8 Å². The molecule has 0 fully saturated rings. The van der Waals surface area contributed by atoms with Crippen LogP contribution < -0.4 is 5.32 Å². The normalized spacial score (nSPS) is 10.8. The first kappa shape index (κ1) is 18.2. The smallest absolute Gasteiger partial charge is 0.340 e. The summed E-state index contributed by atoms with van der Waals surface area (Å²) >= 11 is 0. The summed E-state index contributed by atoms with van der Waals surface area (Å²) in [4.78, 5) is 23.6. The fraction of sp³-hybridized carbons (Fsp3) is 0.312. The maximum Gasteiger partial charge on any atom is 0.340 e. The molecule has 0 saturated heterocycles. The van der Waals surface area contributed by atoms with Gasteiger partial charge in [-0.15, -0.1) is 0 Å². The largest absolute Gasteiger partial charge is 0.464 e. The van der Waals surface area contributed by atoms with Crippen molar-refractivity contribution in [2.75, 3.05) is 13.2 Å². The quantitative estimate of drug-likeness (QED) is 0.468. The van der Waals surface area contributed by atoms with Crippen molar-refractivity contribution in [2.45, 2.75) is 19.9 Å². The lowest BCUT2D eigenvalue weighted by molar-refractivity contribution is -0.157. The van der Waals surface area contributed by atoms with Gasteiger partial charge >= 0.3 is 11.9 Å². The van der Waals surface area contributed by atoms with Crippen LogP contribution in [0.5, 0.6) is 0 Å². The van der Waals surface area contributed by atoms with Crippen molar-refractivity contribution in [3.63, 3.8) is 0 Å². The number of carbonyl (C=O) groups is 2. The number of halogens is 1. The number of nitriles is 1. The number of carbonyl (C=O) groups excluding carboxylic acids is 2. The second kappa shape index (κ2) is 9.20. The summed E-state index contributed by atoms with van der Waals surface area (Å²) in [5.41, 5.74) is 0.370. The fourth-order valence-electron chi connectivity index (χ4n) is 1.69. The van der Waals surface area contributed by atoms with Gasteiger partial charge in [-0.2, -0.15) is 5.26 Å². The van der Waals surface area contributed by atoms with Crippen molar-refractivity contribution in [3.8, 4) is 6.07 Å². The molecule has 7 heteroatoms. The number of esters is 2. The van der Waals surface area contributed by atoms with Gasteiger partial charge in [0.15, 0.2) is 0 Å². The zero-order chi connectivity index (χ0) is 17.2. The Balaban J connectivity index is 2.99. The topological polar surface area (TPSA) is 88.4 Å². The number of benzene rings is 1. The second-order valence-corrected chi connectivity index (χ2v) is 4.28. The van der Waals surface area contributed by atoms with Gasteiger partial charge in [0, 0.05) is 6.20 Å². The lowest BCUT2D eigenvalue weighted by Crippen LogP contribution is -2.43. The Labute approximate surface area is 133 Å². The summed E-state index contributed by atoms with van der Waals surface area (Å²) < 4.78 is 22.8. The van der Waals surface area contributed by atoms with Gasteiger partial charge in [-0.3, -0.25) is 0 Å².